The third kappa shape index (κ3) is 6.69. The number of nitrogens with zero attached hydrogens (tertiary/aromatic N) is 1. The van der Waals surface area contributed by atoms with Gasteiger partial charge in [-0.3, -0.25) is 9.59 Å². The van der Waals surface area contributed by atoms with Gasteiger partial charge >= 0.3 is 0 Å². The highest BCUT2D eigenvalue weighted by atomic mass is 35.5. The first-order valence-electron chi connectivity index (χ1n) is 10.5. The van der Waals surface area contributed by atoms with Gasteiger partial charge in [-0.15, -0.1) is 0 Å². The Balaban J connectivity index is 1.85. The molecule has 0 saturated heterocycles. The van der Waals surface area contributed by atoms with Crippen LogP contribution in [-0.2, 0) is 29.1 Å². The van der Waals surface area contributed by atoms with Crippen LogP contribution in [0.25, 0.3) is 0 Å². The summed E-state index contributed by atoms with van der Waals surface area (Å²) in [6, 6.07) is 26.3. The molecule has 0 unspecified atom stereocenters. The zero-order valence-electron chi connectivity index (χ0n) is 17.6. The molecular weight excluding hydrogens is 408 g/mol. The van der Waals surface area contributed by atoms with Gasteiger partial charge < -0.3 is 10.2 Å². The van der Waals surface area contributed by atoms with Crippen molar-refractivity contribution in [2.45, 2.75) is 38.9 Å². The number of carbonyl (C=O) groups is 2. The molecule has 0 aliphatic heterocycles. The van der Waals surface area contributed by atoms with Gasteiger partial charge in [-0.2, -0.15) is 0 Å². The summed E-state index contributed by atoms with van der Waals surface area (Å²) in [6.07, 6.45) is 0.769. The monoisotopic (exact) mass is 434 g/mol. The third-order valence-electron chi connectivity index (χ3n) is 5.15. The van der Waals surface area contributed by atoms with Gasteiger partial charge in [0.15, 0.2) is 0 Å². The van der Waals surface area contributed by atoms with Gasteiger partial charge in [-0.05, 0) is 28.8 Å². The first-order valence-corrected chi connectivity index (χ1v) is 10.8. The van der Waals surface area contributed by atoms with E-state index in [-0.39, 0.29) is 11.8 Å². The highest BCUT2D eigenvalue weighted by Gasteiger charge is 2.29. The molecule has 0 saturated carbocycles. The number of carbonyl (C=O) groups excluding carboxylic acids is 2. The molecule has 4 nitrogen and oxygen atoms in total. The Kier molecular flexibility index (Phi) is 8.25. The van der Waals surface area contributed by atoms with Gasteiger partial charge in [0.1, 0.15) is 6.04 Å². The van der Waals surface area contributed by atoms with Crippen molar-refractivity contribution in [1.82, 2.24) is 10.2 Å². The van der Waals surface area contributed by atoms with Crippen molar-refractivity contribution in [3.8, 4) is 0 Å². The molecule has 0 aliphatic rings. The molecule has 1 atom stereocenters. The maximum Gasteiger partial charge on any atom is 0.243 e. The standard InChI is InChI=1S/C26H27ClN2O2/c1-2-25(30)29(19-22-13-15-23(27)16-14-22)24(17-20-9-5-3-6-10-20)26(31)28-18-21-11-7-4-8-12-21/h3-16,24H,2,17-19H2,1H3,(H,28,31)/t24-/m1/s1. The van der Waals surface area contributed by atoms with Crippen LogP contribution in [0.4, 0.5) is 0 Å². The number of amides is 2. The molecule has 5 heteroatoms. The second-order valence-electron chi connectivity index (χ2n) is 7.41. The normalized spacial score (nSPS) is 11.5. The molecule has 0 radical (unpaired) electrons. The topological polar surface area (TPSA) is 49.4 Å². The van der Waals surface area contributed by atoms with Crippen LogP contribution in [0, 0.1) is 0 Å². The van der Waals surface area contributed by atoms with Crippen molar-refractivity contribution in [2.24, 2.45) is 0 Å². The largest absolute Gasteiger partial charge is 0.350 e. The molecule has 3 rings (SSSR count). The summed E-state index contributed by atoms with van der Waals surface area (Å²) in [4.78, 5) is 27.9. The molecule has 2 amide bonds. The summed E-state index contributed by atoms with van der Waals surface area (Å²) in [5, 5.41) is 3.66. The van der Waals surface area contributed by atoms with E-state index in [4.69, 9.17) is 11.6 Å². The van der Waals surface area contributed by atoms with Crippen molar-refractivity contribution in [1.29, 1.82) is 0 Å². The van der Waals surface area contributed by atoms with Crippen LogP contribution in [0.3, 0.4) is 0 Å². The minimum atomic E-state index is -0.616. The minimum Gasteiger partial charge on any atom is -0.350 e. The van der Waals surface area contributed by atoms with E-state index >= 15 is 0 Å². The number of halogens is 1. The van der Waals surface area contributed by atoms with E-state index in [9.17, 15) is 9.59 Å². The third-order valence-corrected chi connectivity index (χ3v) is 5.40. The first-order chi connectivity index (χ1) is 15.1. The fraction of sp³-hybridized carbons (Fsp3) is 0.231. The lowest BCUT2D eigenvalue weighted by molar-refractivity contribution is -0.141. The van der Waals surface area contributed by atoms with Gasteiger partial charge in [0, 0.05) is 31.0 Å². The van der Waals surface area contributed by atoms with Crippen molar-refractivity contribution in [3.63, 3.8) is 0 Å². The summed E-state index contributed by atoms with van der Waals surface area (Å²) in [6.45, 7) is 2.58. The van der Waals surface area contributed by atoms with E-state index in [2.05, 4.69) is 5.32 Å². The lowest BCUT2D eigenvalue weighted by Crippen LogP contribution is -2.50. The van der Waals surface area contributed by atoms with Crippen LogP contribution in [0.5, 0.6) is 0 Å². The molecule has 3 aromatic rings. The molecule has 0 fully saturated rings. The van der Waals surface area contributed by atoms with E-state index < -0.39 is 6.04 Å². The molecule has 31 heavy (non-hydrogen) atoms. The van der Waals surface area contributed by atoms with Crippen LogP contribution in [-0.4, -0.2) is 22.8 Å². The Hall–Kier alpha value is -3.11. The maximum atomic E-state index is 13.3. The van der Waals surface area contributed by atoms with Crippen molar-refractivity contribution in [3.05, 3.63) is 107 Å². The second kappa shape index (κ2) is 11.3. The van der Waals surface area contributed by atoms with Crippen molar-refractivity contribution >= 4 is 23.4 Å². The van der Waals surface area contributed by atoms with Crippen LogP contribution >= 0.6 is 11.6 Å². The van der Waals surface area contributed by atoms with Crippen molar-refractivity contribution < 1.29 is 9.59 Å². The van der Waals surface area contributed by atoms with Gasteiger partial charge in [-0.1, -0.05) is 91.3 Å². The molecule has 1 N–H and O–H groups in total. The quantitative estimate of drug-likeness (QED) is 0.514. The number of nitrogens with one attached hydrogen (secondary N) is 1. The van der Waals surface area contributed by atoms with E-state index in [1.165, 1.54) is 0 Å². The summed E-state index contributed by atoms with van der Waals surface area (Å²) in [5.41, 5.74) is 2.95. The van der Waals surface area contributed by atoms with Gasteiger partial charge in [0.25, 0.3) is 0 Å². The van der Waals surface area contributed by atoms with Crippen LogP contribution in [0.15, 0.2) is 84.9 Å². The Morgan fingerprint density at radius 2 is 1.42 bits per heavy atom. The summed E-state index contributed by atoms with van der Waals surface area (Å²) in [5.74, 6) is -0.228. The maximum absolute atomic E-state index is 13.3. The molecule has 0 spiro atoms. The molecule has 0 heterocycles. The van der Waals surface area contributed by atoms with Crippen molar-refractivity contribution in [2.75, 3.05) is 0 Å². The number of rotatable bonds is 9. The Morgan fingerprint density at radius 3 is 2.00 bits per heavy atom. The highest BCUT2D eigenvalue weighted by molar-refractivity contribution is 6.30. The average Bonchev–Trinajstić information content (AvgIpc) is 2.82. The number of hydrogen-bond donors (Lipinski definition) is 1. The zero-order chi connectivity index (χ0) is 22.1. The van der Waals surface area contributed by atoms with E-state index in [1.54, 1.807) is 17.0 Å². The van der Waals surface area contributed by atoms with Gasteiger partial charge in [0.05, 0.1) is 0 Å². The average molecular weight is 435 g/mol. The van der Waals surface area contributed by atoms with Gasteiger partial charge in [0.2, 0.25) is 11.8 Å². The molecule has 160 valence electrons. The molecule has 0 aliphatic carbocycles. The van der Waals surface area contributed by atoms with Crippen LogP contribution in [0.1, 0.15) is 30.0 Å². The predicted octanol–water partition coefficient (Wildman–Crippen LogP) is 5.01. The second-order valence-corrected chi connectivity index (χ2v) is 7.85. The van der Waals surface area contributed by atoms with Crippen LogP contribution in [0.2, 0.25) is 5.02 Å². The van der Waals surface area contributed by atoms with Crippen LogP contribution < -0.4 is 5.32 Å². The van der Waals surface area contributed by atoms with E-state index in [0.717, 1.165) is 16.7 Å². The number of hydrogen-bond acceptors (Lipinski definition) is 2. The lowest BCUT2D eigenvalue weighted by atomic mass is 10.0. The van der Waals surface area contributed by atoms with E-state index in [0.29, 0.717) is 31.0 Å². The lowest BCUT2D eigenvalue weighted by Gasteiger charge is -2.31. The smallest absolute Gasteiger partial charge is 0.243 e. The first kappa shape index (κ1) is 22.6. The Morgan fingerprint density at radius 1 is 0.839 bits per heavy atom. The van der Waals surface area contributed by atoms with E-state index in [1.807, 2.05) is 79.7 Å². The fourth-order valence-corrected chi connectivity index (χ4v) is 3.57. The Labute approximate surface area is 188 Å². The SMILES string of the molecule is CCC(=O)N(Cc1ccc(Cl)cc1)[C@H](Cc1ccccc1)C(=O)NCc1ccccc1. The Bertz CT molecular complexity index is 975. The highest BCUT2D eigenvalue weighted by Crippen LogP contribution is 2.17. The zero-order valence-corrected chi connectivity index (χ0v) is 18.4. The molecule has 0 bridgehead atoms. The summed E-state index contributed by atoms with van der Waals surface area (Å²) >= 11 is 6.01. The van der Waals surface area contributed by atoms with Gasteiger partial charge in [-0.25, -0.2) is 0 Å². The number of benzene rings is 3. The predicted molar refractivity (Wildman–Crippen MR) is 125 cm³/mol. The minimum absolute atomic E-state index is 0.0641. The fourth-order valence-electron chi connectivity index (χ4n) is 3.45. The molecule has 0 aromatic heterocycles. The molecule has 3 aromatic carbocycles. The molecular formula is C26H27ClN2O2. The summed E-state index contributed by atoms with van der Waals surface area (Å²) < 4.78 is 0. The summed E-state index contributed by atoms with van der Waals surface area (Å²) in [7, 11) is 0.